The average Bonchev–Trinajstić information content (AvgIpc) is 3.39. The zero-order chi connectivity index (χ0) is 24.4. The summed E-state index contributed by atoms with van der Waals surface area (Å²) in [6.45, 7) is 3.15. The molecule has 5 rings (SSSR count). The number of fused-ring (bicyclic) bond motifs is 1. The van der Waals surface area contributed by atoms with Gasteiger partial charge in [-0.1, -0.05) is 36.4 Å². The first-order valence-electron chi connectivity index (χ1n) is 11.6. The van der Waals surface area contributed by atoms with Crippen LogP contribution in [0.15, 0.2) is 66.7 Å². The Morgan fingerprint density at radius 3 is 2.57 bits per heavy atom. The largest absolute Gasteiger partial charge is 0.496 e. The molecule has 0 radical (unpaired) electrons. The molecule has 3 aromatic rings. The lowest BCUT2D eigenvalue weighted by Crippen LogP contribution is -2.24. The maximum atomic E-state index is 12.3. The van der Waals surface area contributed by atoms with Gasteiger partial charge in [0, 0.05) is 35.9 Å². The van der Waals surface area contributed by atoms with Crippen molar-refractivity contribution in [2.24, 2.45) is 0 Å². The van der Waals surface area contributed by atoms with Crippen molar-refractivity contribution in [1.82, 2.24) is 4.90 Å². The molecule has 1 unspecified atom stereocenters. The number of likely N-dealkylation sites (N-methyl/N-ethyl adjacent to an activating group) is 1. The molecule has 2 heterocycles. The molecule has 7 heteroatoms. The van der Waals surface area contributed by atoms with Crippen LogP contribution in [0.2, 0.25) is 0 Å². The van der Waals surface area contributed by atoms with E-state index < -0.39 is 0 Å². The lowest BCUT2D eigenvalue weighted by Gasteiger charge is -2.14. The number of ether oxygens (including phenoxy) is 3. The standard InChI is InChI=1S/C28H26N2O5/c1-3-30-17-22(35-28(30)32)15-19-10-13-21(16-26(19)33-2)34-20-11-8-18(9-12-20)14-24-23-6-4-5-7-25(23)29-27(24)31/h4-14,16,22H,3,15,17H2,1-2H3,(H,29,31). The number of para-hydroxylation sites is 1. The number of rotatable bonds is 7. The Morgan fingerprint density at radius 1 is 1.06 bits per heavy atom. The number of hydrogen-bond donors (Lipinski definition) is 1. The molecule has 7 nitrogen and oxygen atoms in total. The second-order valence-electron chi connectivity index (χ2n) is 8.45. The monoisotopic (exact) mass is 470 g/mol. The molecule has 2 aliphatic rings. The Balaban J connectivity index is 1.28. The van der Waals surface area contributed by atoms with Crippen LogP contribution in [0.3, 0.4) is 0 Å². The number of cyclic esters (lactones) is 1. The lowest BCUT2D eigenvalue weighted by atomic mass is 10.0. The normalized spacial score (nSPS) is 17.8. The van der Waals surface area contributed by atoms with Crippen LogP contribution in [0.4, 0.5) is 10.5 Å². The van der Waals surface area contributed by atoms with Crippen molar-refractivity contribution in [2.45, 2.75) is 19.4 Å². The van der Waals surface area contributed by atoms with Gasteiger partial charge in [-0.05, 0) is 48.4 Å². The van der Waals surface area contributed by atoms with Crippen molar-refractivity contribution in [2.75, 3.05) is 25.5 Å². The number of nitrogens with one attached hydrogen (secondary N) is 1. The van der Waals surface area contributed by atoms with E-state index in [9.17, 15) is 9.59 Å². The number of nitrogens with zero attached hydrogens (tertiary/aromatic N) is 1. The Kier molecular flexibility index (Phi) is 6.14. The molecule has 0 saturated carbocycles. The first kappa shape index (κ1) is 22.5. The van der Waals surface area contributed by atoms with Gasteiger partial charge < -0.3 is 24.4 Å². The predicted molar refractivity (Wildman–Crippen MR) is 134 cm³/mol. The van der Waals surface area contributed by atoms with Gasteiger partial charge in [0.15, 0.2) is 0 Å². The fourth-order valence-corrected chi connectivity index (χ4v) is 4.36. The van der Waals surface area contributed by atoms with Gasteiger partial charge in [0.05, 0.1) is 13.7 Å². The quantitative estimate of drug-likeness (QED) is 0.470. The molecule has 0 bridgehead atoms. The molecule has 1 N–H and O–H groups in total. The zero-order valence-corrected chi connectivity index (χ0v) is 19.6. The minimum atomic E-state index is -0.270. The van der Waals surface area contributed by atoms with Crippen molar-refractivity contribution < 1.29 is 23.8 Å². The predicted octanol–water partition coefficient (Wildman–Crippen LogP) is 5.36. The van der Waals surface area contributed by atoms with Crippen molar-refractivity contribution >= 4 is 29.3 Å². The second-order valence-corrected chi connectivity index (χ2v) is 8.45. The van der Waals surface area contributed by atoms with Gasteiger partial charge in [0.25, 0.3) is 5.91 Å². The number of anilines is 1. The Morgan fingerprint density at radius 2 is 1.83 bits per heavy atom. The number of amides is 2. The van der Waals surface area contributed by atoms with Crippen LogP contribution in [0, 0.1) is 0 Å². The van der Waals surface area contributed by atoms with Crippen LogP contribution in [0.25, 0.3) is 11.6 Å². The molecule has 0 spiro atoms. The summed E-state index contributed by atoms with van der Waals surface area (Å²) in [6.07, 6.45) is 1.98. The highest BCUT2D eigenvalue weighted by Gasteiger charge is 2.30. The summed E-state index contributed by atoms with van der Waals surface area (Å²) >= 11 is 0. The number of hydrogen-bond acceptors (Lipinski definition) is 5. The molecule has 35 heavy (non-hydrogen) atoms. The Bertz CT molecular complexity index is 1300. The van der Waals surface area contributed by atoms with E-state index in [1.807, 2.05) is 79.7 Å². The van der Waals surface area contributed by atoms with Crippen LogP contribution < -0.4 is 14.8 Å². The molecule has 178 valence electrons. The summed E-state index contributed by atoms with van der Waals surface area (Å²) in [7, 11) is 1.61. The van der Waals surface area contributed by atoms with Gasteiger partial charge in [-0.2, -0.15) is 0 Å². The molecule has 2 aliphatic heterocycles. The number of benzene rings is 3. The Hall–Kier alpha value is -4.26. The van der Waals surface area contributed by atoms with Gasteiger partial charge in [-0.3, -0.25) is 4.79 Å². The van der Waals surface area contributed by atoms with Crippen LogP contribution in [-0.4, -0.2) is 43.2 Å². The van der Waals surface area contributed by atoms with E-state index in [-0.39, 0.29) is 18.1 Å². The molecule has 0 aromatic heterocycles. The fraction of sp³-hybridized carbons (Fsp3) is 0.214. The van der Waals surface area contributed by atoms with E-state index in [1.165, 1.54) is 0 Å². The van der Waals surface area contributed by atoms with E-state index in [2.05, 4.69) is 5.32 Å². The third-order valence-corrected chi connectivity index (χ3v) is 6.17. The van der Waals surface area contributed by atoms with Gasteiger partial charge in [-0.15, -0.1) is 0 Å². The molecular weight excluding hydrogens is 444 g/mol. The summed E-state index contributed by atoms with van der Waals surface area (Å²) in [5.41, 5.74) is 4.23. The van der Waals surface area contributed by atoms with Gasteiger partial charge >= 0.3 is 6.09 Å². The minimum absolute atomic E-state index is 0.103. The van der Waals surface area contributed by atoms with Crippen LogP contribution in [0.5, 0.6) is 17.2 Å². The molecular formula is C28H26N2O5. The summed E-state index contributed by atoms with van der Waals surface area (Å²) in [5.74, 6) is 1.88. The van der Waals surface area contributed by atoms with Crippen LogP contribution >= 0.6 is 0 Å². The van der Waals surface area contributed by atoms with Crippen molar-refractivity contribution in [3.05, 3.63) is 83.4 Å². The molecule has 1 saturated heterocycles. The Labute approximate surface area is 203 Å². The lowest BCUT2D eigenvalue weighted by molar-refractivity contribution is -0.110. The average molecular weight is 471 g/mol. The highest BCUT2D eigenvalue weighted by atomic mass is 16.6. The van der Waals surface area contributed by atoms with Crippen molar-refractivity contribution in [3.63, 3.8) is 0 Å². The van der Waals surface area contributed by atoms with E-state index in [0.29, 0.717) is 42.3 Å². The number of methoxy groups -OCH3 is 1. The maximum Gasteiger partial charge on any atom is 0.410 e. The molecule has 0 aliphatic carbocycles. The number of carbonyl (C=O) groups is 2. The summed E-state index contributed by atoms with van der Waals surface area (Å²) < 4.78 is 17.0. The summed E-state index contributed by atoms with van der Waals surface area (Å²) in [4.78, 5) is 25.9. The van der Waals surface area contributed by atoms with Crippen molar-refractivity contribution in [3.8, 4) is 17.2 Å². The molecule has 2 amide bonds. The van der Waals surface area contributed by atoms with Gasteiger partial charge in [0.1, 0.15) is 23.4 Å². The highest BCUT2D eigenvalue weighted by molar-refractivity contribution is 6.34. The van der Waals surface area contributed by atoms with E-state index in [4.69, 9.17) is 14.2 Å². The SMILES string of the molecule is CCN1CC(Cc2ccc(Oc3ccc(C=C4C(=O)Nc5ccccc54)cc3)cc2OC)OC1=O. The van der Waals surface area contributed by atoms with Gasteiger partial charge in [0.2, 0.25) is 0 Å². The van der Waals surface area contributed by atoms with Gasteiger partial charge in [-0.25, -0.2) is 4.79 Å². The topological polar surface area (TPSA) is 77.1 Å². The van der Waals surface area contributed by atoms with Crippen molar-refractivity contribution in [1.29, 1.82) is 0 Å². The molecule has 1 atom stereocenters. The number of carbonyl (C=O) groups excluding carboxylic acids is 2. The van der Waals surface area contributed by atoms with E-state index in [1.54, 1.807) is 12.0 Å². The zero-order valence-electron chi connectivity index (χ0n) is 19.6. The third-order valence-electron chi connectivity index (χ3n) is 6.17. The third kappa shape index (κ3) is 4.71. The first-order chi connectivity index (χ1) is 17.0. The van der Waals surface area contributed by atoms with Crippen LogP contribution in [0.1, 0.15) is 23.6 Å². The first-order valence-corrected chi connectivity index (χ1v) is 11.6. The molecule has 1 fully saturated rings. The maximum absolute atomic E-state index is 12.3. The highest BCUT2D eigenvalue weighted by Crippen LogP contribution is 2.34. The fourth-order valence-electron chi connectivity index (χ4n) is 4.36. The minimum Gasteiger partial charge on any atom is -0.496 e. The van der Waals surface area contributed by atoms with E-state index in [0.717, 1.165) is 22.4 Å². The second kappa shape index (κ2) is 9.54. The molecule has 3 aromatic carbocycles. The van der Waals surface area contributed by atoms with Crippen LogP contribution in [-0.2, 0) is 16.0 Å². The van der Waals surface area contributed by atoms with E-state index >= 15 is 0 Å². The summed E-state index contributed by atoms with van der Waals surface area (Å²) in [6, 6.07) is 20.8. The smallest absolute Gasteiger partial charge is 0.410 e. The summed E-state index contributed by atoms with van der Waals surface area (Å²) in [5, 5.41) is 2.89.